The molecule has 16 heavy (non-hydrogen) atoms. The topological polar surface area (TPSA) is 66.6 Å². The van der Waals surface area contributed by atoms with Gasteiger partial charge in [-0.25, -0.2) is 4.39 Å². The Labute approximate surface area is 93.5 Å². The summed E-state index contributed by atoms with van der Waals surface area (Å²) in [6.45, 7) is 0.382. The summed E-state index contributed by atoms with van der Waals surface area (Å²) in [5.41, 5.74) is 6.09. The molecule has 0 saturated heterocycles. The summed E-state index contributed by atoms with van der Waals surface area (Å²) in [7, 11) is 1.65. The first-order chi connectivity index (χ1) is 7.54. The van der Waals surface area contributed by atoms with Crippen molar-refractivity contribution in [1.82, 2.24) is 4.90 Å². The van der Waals surface area contributed by atoms with Gasteiger partial charge in [-0.2, -0.15) is 0 Å². The fourth-order valence-electron chi connectivity index (χ4n) is 1.50. The average Bonchev–Trinajstić information content (AvgIpc) is 2.17. The summed E-state index contributed by atoms with van der Waals surface area (Å²) in [5, 5.41) is 8.88. The van der Waals surface area contributed by atoms with E-state index in [2.05, 4.69) is 0 Å². The van der Waals surface area contributed by atoms with Crippen LogP contribution in [0, 0.1) is 5.82 Å². The standard InChI is InChI=1S/C11H15FN2O2/c1-14(10(6-13)11(15)16)7-8-3-2-4-9(12)5-8/h2-5,10H,6-7,13H2,1H3,(H,15,16). The van der Waals surface area contributed by atoms with Crippen LogP contribution in [0.25, 0.3) is 0 Å². The van der Waals surface area contributed by atoms with Gasteiger partial charge in [0.15, 0.2) is 0 Å². The van der Waals surface area contributed by atoms with Crippen LogP contribution >= 0.6 is 0 Å². The fourth-order valence-corrected chi connectivity index (χ4v) is 1.50. The molecule has 0 amide bonds. The minimum absolute atomic E-state index is 0.0289. The third-order valence-corrected chi connectivity index (χ3v) is 2.36. The van der Waals surface area contributed by atoms with E-state index in [1.165, 1.54) is 12.1 Å². The highest BCUT2D eigenvalue weighted by Crippen LogP contribution is 2.08. The van der Waals surface area contributed by atoms with Gasteiger partial charge >= 0.3 is 5.97 Å². The second-order valence-corrected chi connectivity index (χ2v) is 3.63. The second-order valence-electron chi connectivity index (χ2n) is 3.63. The highest BCUT2D eigenvalue weighted by molar-refractivity contribution is 5.73. The van der Waals surface area contributed by atoms with Gasteiger partial charge in [-0.3, -0.25) is 9.69 Å². The van der Waals surface area contributed by atoms with Gasteiger partial charge in [-0.15, -0.1) is 0 Å². The number of nitrogens with zero attached hydrogens (tertiary/aromatic N) is 1. The molecule has 0 saturated carbocycles. The highest BCUT2D eigenvalue weighted by Gasteiger charge is 2.20. The molecule has 0 aliphatic heterocycles. The Kier molecular flexibility index (Phi) is 4.39. The quantitative estimate of drug-likeness (QED) is 0.774. The van der Waals surface area contributed by atoms with Gasteiger partial charge in [0.1, 0.15) is 11.9 Å². The molecule has 1 atom stereocenters. The van der Waals surface area contributed by atoms with E-state index in [9.17, 15) is 9.18 Å². The molecule has 0 aliphatic rings. The largest absolute Gasteiger partial charge is 0.480 e. The number of nitrogens with two attached hydrogens (primary N) is 1. The van der Waals surface area contributed by atoms with Crippen LogP contribution in [0.3, 0.4) is 0 Å². The molecule has 0 spiro atoms. The van der Waals surface area contributed by atoms with Crippen LogP contribution < -0.4 is 5.73 Å². The van der Waals surface area contributed by atoms with E-state index in [1.54, 1.807) is 24.1 Å². The first kappa shape index (κ1) is 12.6. The smallest absolute Gasteiger partial charge is 0.322 e. The van der Waals surface area contributed by atoms with E-state index < -0.39 is 12.0 Å². The number of carboxylic acids is 1. The highest BCUT2D eigenvalue weighted by atomic mass is 19.1. The van der Waals surface area contributed by atoms with Crippen molar-refractivity contribution in [3.63, 3.8) is 0 Å². The maximum atomic E-state index is 12.9. The summed E-state index contributed by atoms with van der Waals surface area (Å²) in [6.07, 6.45) is 0. The molecule has 0 aliphatic carbocycles. The van der Waals surface area contributed by atoms with Crippen LogP contribution in [0.4, 0.5) is 4.39 Å². The molecule has 5 heteroatoms. The summed E-state index contributed by atoms with van der Waals surface area (Å²) in [4.78, 5) is 12.4. The molecule has 1 unspecified atom stereocenters. The van der Waals surface area contributed by atoms with Gasteiger partial charge in [0.25, 0.3) is 0 Å². The molecule has 88 valence electrons. The van der Waals surface area contributed by atoms with Crippen LogP contribution in [0.2, 0.25) is 0 Å². The maximum Gasteiger partial charge on any atom is 0.322 e. The molecule has 1 rings (SSSR count). The lowest BCUT2D eigenvalue weighted by atomic mass is 10.2. The zero-order chi connectivity index (χ0) is 12.1. The van der Waals surface area contributed by atoms with E-state index in [4.69, 9.17) is 10.8 Å². The summed E-state index contributed by atoms with van der Waals surface area (Å²) >= 11 is 0. The number of carboxylic acid groups (broad SMARTS) is 1. The van der Waals surface area contributed by atoms with Crippen LogP contribution in [0.1, 0.15) is 5.56 Å². The molecule has 1 aromatic rings. The van der Waals surface area contributed by atoms with Crippen molar-refractivity contribution in [3.8, 4) is 0 Å². The Balaban J connectivity index is 2.69. The molecule has 1 aromatic carbocycles. The summed E-state index contributed by atoms with van der Waals surface area (Å²) in [6, 6.07) is 5.32. The van der Waals surface area contributed by atoms with Crippen molar-refractivity contribution < 1.29 is 14.3 Å². The number of rotatable bonds is 5. The molecule has 4 nitrogen and oxygen atoms in total. The van der Waals surface area contributed by atoms with Gasteiger partial charge in [-0.1, -0.05) is 12.1 Å². The number of hydrogen-bond acceptors (Lipinski definition) is 3. The fraction of sp³-hybridized carbons (Fsp3) is 0.364. The zero-order valence-corrected chi connectivity index (χ0v) is 9.06. The van der Waals surface area contributed by atoms with Gasteiger partial charge in [0, 0.05) is 13.1 Å². The van der Waals surface area contributed by atoms with Crippen LogP contribution in [0.15, 0.2) is 24.3 Å². The van der Waals surface area contributed by atoms with Crippen LogP contribution in [-0.2, 0) is 11.3 Å². The average molecular weight is 226 g/mol. The Morgan fingerprint density at radius 3 is 2.81 bits per heavy atom. The van der Waals surface area contributed by atoms with Gasteiger partial charge in [0.2, 0.25) is 0 Å². The molecular formula is C11H15FN2O2. The first-order valence-electron chi connectivity index (χ1n) is 4.92. The summed E-state index contributed by atoms with van der Waals surface area (Å²) < 4.78 is 12.9. The van der Waals surface area contributed by atoms with E-state index >= 15 is 0 Å². The van der Waals surface area contributed by atoms with Crippen molar-refractivity contribution in [2.45, 2.75) is 12.6 Å². The second kappa shape index (κ2) is 5.58. The molecule has 0 heterocycles. The number of halogens is 1. The lowest BCUT2D eigenvalue weighted by molar-refractivity contribution is -0.142. The number of carbonyl (C=O) groups is 1. The van der Waals surface area contributed by atoms with E-state index in [-0.39, 0.29) is 12.4 Å². The number of hydrogen-bond donors (Lipinski definition) is 2. The Hall–Kier alpha value is -1.46. The monoisotopic (exact) mass is 226 g/mol. The predicted molar refractivity (Wildman–Crippen MR) is 58.3 cm³/mol. The number of benzene rings is 1. The molecule has 3 N–H and O–H groups in total. The molecule has 0 radical (unpaired) electrons. The van der Waals surface area contributed by atoms with Gasteiger partial charge in [0.05, 0.1) is 0 Å². The number of likely N-dealkylation sites (N-methyl/N-ethyl adjacent to an activating group) is 1. The lowest BCUT2D eigenvalue weighted by Gasteiger charge is -2.23. The SMILES string of the molecule is CN(Cc1cccc(F)c1)C(CN)C(=O)O. The Morgan fingerprint density at radius 1 is 1.62 bits per heavy atom. The van der Waals surface area contributed by atoms with E-state index in [1.807, 2.05) is 0 Å². The van der Waals surface area contributed by atoms with Gasteiger partial charge < -0.3 is 10.8 Å². The molecule has 0 aromatic heterocycles. The van der Waals surface area contributed by atoms with Crippen molar-refractivity contribution in [3.05, 3.63) is 35.6 Å². The third kappa shape index (κ3) is 3.29. The molecular weight excluding hydrogens is 211 g/mol. The van der Waals surface area contributed by atoms with Crippen molar-refractivity contribution >= 4 is 5.97 Å². The van der Waals surface area contributed by atoms with E-state index in [0.717, 1.165) is 5.56 Å². The minimum atomic E-state index is -0.971. The van der Waals surface area contributed by atoms with E-state index in [0.29, 0.717) is 6.54 Å². The Morgan fingerprint density at radius 2 is 2.31 bits per heavy atom. The first-order valence-corrected chi connectivity index (χ1v) is 4.92. The normalized spacial score (nSPS) is 12.8. The molecule has 0 bridgehead atoms. The van der Waals surface area contributed by atoms with Crippen LogP contribution in [-0.4, -0.2) is 35.6 Å². The maximum absolute atomic E-state index is 12.9. The van der Waals surface area contributed by atoms with Crippen molar-refractivity contribution in [2.75, 3.05) is 13.6 Å². The summed E-state index contributed by atoms with van der Waals surface area (Å²) in [5.74, 6) is -1.30. The third-order valence-electron chi connectivity index (χ3n) is 2.36. The van der Waals surface area contributed by atoms with Crippen LogP contribution in [0.5, 0.6) is 0 Å². The van der Waals surface area contributed by atoms with Gasteiger partial charge in [-0.05, 0) is 24.7 Å². The predicted octanol–water partition coefficient (Wildman–Crippen LogP) is 0.669. The minimum Gasteiger partial charge on any atom is -0.480 e. The van der Waals surface area contributed by atoms with Crippen molar-refractivity contribution in [2.24, 2.45) is 5.73 Å². The lowest BCUT2D eigenvalue weighted by Crippen LogP contribution is -2.43. The Bertz CT molecular complexity index is 371. The zero-order valence-electron chi connectivity index (χ0n) is 9.06. The molecule has 0 fully saturated rings. The van der Waals surface area contributed by atoms with Crippen molar-refractivity contribution in [1.29, 1.82) is 0 Å². The number of aliphatic carboxylic acids is 1.